The number of fused-ring (bicyclic) bond motifs is 1. The average Bonchev–Trinajstić information content (AvgIpc) is 2.21. The molecule has 0 spiro atoms. The van der Waals surface area contributed by atoms with E-state index in [1.807, 2.05) is 38.1 Å². The van der Waals surface area contributed by atoms with Crippen molar-refractivity contribution in [2.75, 3.05) is 0 Å². The van der Waals surface area contributed by atoms with Gasteiger partial charge < -0.3 is 9.47 Å². The summed E-state index contributed by atoms with van der Waals surface area (Å²) in [6.07, 6.45) is 3.90. The zero-order chi connectivity index (χ0) is 12.6. The average molecular weight is 344 g/mol. The molecule has 3 nitrogen and oxygen atoms in total. The maximum atomic E-state index is 11.1. The predicted octanol–water partition coefficient (Wildman–Crippen LogP) is 3.40. The number of ether oxygens (including phenoxy) is 2. The molecular weight excluding hydrogens is 331 g/mol. The lowest BCUT2D eigenvalue weighted by atomic mass is 10.0. The van der Waals surface area contributed by atoms with E-state index in [4.69, 9.17) is 9.47 Å². The highest BCUT2D eigenvalue weighted by molar-refractivity contribution is 14.1. The number of rotatable bonds is 1. The fourth-order valence-electron chi connectivity index (χ4n) is 1.65. The monoisotopic (exact) mass is 344 g/mol. The van der Waals surface area contributed by atoms with Crippen LogP contribution in [0.4, 0.5) is 0 Å². The molecule has 0 atom stereocenters. The van der Waals surface area contributed by atoms with Gasteiger partial charge in [-0.25, -0.2) is 0 Å². The minimum Gasteiger partial charge on any atom is -0.483 e. The molecule has 2 rings (SSSR count). The first-order valence-corrected chi connectivity index (χ1v) is 6.36. The first-order valence-electron chi connectivity index (χ1n) is 5.28. The molecule has 0 amide bonds. The second-order valence-electron chi connectivity index (χ2n) is 4.42. The molecular formula is C13H13IO3. The summed E-state index contributed by atoms with van der Waals surface area (Å²) in [5.41, 5.74) is 0.499. The summed E-state index contributed by atoms with van der Waals surface area (Å²) in [6, 6.07) is 3.78. The first-order chi connectivity index (χ1) is 7.89. The SMILES string of the molecule is CC(=O)Oc1c(I)ccc2c1C=CC(C)(C)O2. The number of halogens is 1. The summed E-state index contributed by atoms with van der Waals surface area (Å²) in [7, 11) is 0. The van der Waals surface area contributed by atoms with Crippen LogP contribution >= 0.6 is 22.6 Å². The lowest BCUT2D eigenvalue weighted by Gasteiger charge is -2.28. The molecule has 1 heterocycles. The Morgan fingerprint density at radius 3 is 2.76 bits per heavy atom. The largest absolute Gasteiger partial charge is 0.483 e. The third-order valence-electron chi connectivity index (χ3n) is 2.38. The number of esters is 1. The molecule has 0 saturated heterocycles. The third kappa shape index (κ3) is 2.62. The molecule has 0 N–H and O–H groups in total. The van der Waals surface area contributed by atoms with Gasteiger partial charge in [0.25, 0.3) is 0 Å². The molecule has 4 heteroatoms. The Labute approximate surface area is 114 Å². The zero-order valence-corrected chi connectivity index (χ0v) is 12.1. The van der Waals surface area contributed by atoms with Crippen LogP contribution in [0, 0.1) is 3.57 Å². The molecule has 0 saturated carbocycles. The Morgan fingerprint density at radius 1 is 1.41 bits per heavy atom. The number of hydrogen-bond donors (Lipinski definition) is 0. The Bertz CT molecular complexity index is 504. The van der Waals surface area contributed by atoms with Gasteiger partial charge in [0, 0.05) is 6.92 Å². The van der Waals surface area contributed by atoms with Gasteiger partial charge in [-0.05, 0) is 60.7 Å². The van der Waals surface area contributed by atoms with Crippen LogP contribution in [0.3, 0.4) is 0 Å². The molecule has 0 unspecified atom stereocenters. The van der Waals surface area contributed by atoms with Gasteiger partial charge in [0.1, 0.15) is 11.4 Å². The molecule has 0 aromatic heterocycles. The quantitative estimate of drug-likeness (QED) is 0.445. The molecule has 1 aromatic rings. The van der Waals surface area contributed by atoms with Crippen LogP contribution in [0.5, 0.6) is 11.5 Å². The van der Waals surface area contributed by atoms with Gasteiger partial charge >= 0.3 is 5.97 Å². The second kappa shape index (κ2) is 4.33. The van der Waals surface area contributed by atoms with E-state index in [2.05, 4.69) is 22.6 Å². The van der Waals surface area contributed by atoms with Crippen LogP contribution in [0.1, 0.15) is 26.3 Å². The van der Waals surface area contributed by atoms with Crippen molar-refractivity contribution in [1.82, 2.24) is 0 Å². The molecule has 1 aliphatic heterocycles. The smallest absolute Gasteiger partial charge is 0.308 e. The van der Waals surface area contributed by atoms with Crippen LogP contribution in [0.15, 0.2) is 18.2 Å². The van der Waals surface area contributed by atoms with Crippen molar-refractivity contribution in [2.24, 2.45) is 0 Å². The number of hydrogen-bond acceptors (Lipinski definition) is 3. The normalized spacial score (nSPS) is 16.0. The highest BCUT2D eigenvalue weighted by Gasteiger charge is 2.25. The topological polar surface area (TPSA) is 35.5 Å². The van der Waals surface area contributed by atoms with E-state index in [-0.39, 0.29) is 11.6 Å². The molecule has 1 aliphatic rings. The standard InChI is InChI=1S/C13H13IO3/c1-8(15)16-12-9-6-7-13(2,3)17-11(9)5-4-10(12)14/h4-7H,1-3H3. The van der Waals surface area contributed by atoms with Crippen LogP contribution in [0.2, 0.25) is 0 Å². The zero-order valence-electron chi connectivity index (χ0n) is 9.91. The fourth-order valence-corrected chi connectivity index (χ4v) is 2.23. The molecule has 0 fully saturated rings. The second-order valence-corrected chi connectivity index (χ2v) is 5.58. The van der Waals surface area contributed by atoms with Gasteiger partial charge in [0.05, 0.1) is 9.13 Å². The van der Waals surface area contributed by atoms with Crippen molar-refractivity contribution in [3.8, 4) is 11.5 Å². The van der Waals surface area contributed by atoms with Crippen molar-refractivity contribution in [2.45, 2.75) is 26.4 Å². The van der Waals surface area contributed by atoms with Crippen LogP contribution in [-0.2, 0) is 4.79 Å². The van der Waals surface area contributed by atoms with E-state index in [1.165, 1.54) is 6.92 Å². The maximum Gasteiger partial charge on any atom is 0.308 e. The highest BCUT2D eigenvalue weighted by atomic mass is 127. The van der Waals surface area contributed by atoms with Gasteiger partial charge in [-0.15, -0.1) is 0 Å². The Hall–Kier alpha value is -1.04. The maximum absolute atomic E-state index is 11.1. The van der Waals surface area contributed by atoms with Crippen molar-refractivity contribution in [3.05, 3.63) is 27.3 Å². The van der Waals surface area contributed by atoms with E-state index in [1.54, 1.807) is 0 Å². The number of carbonyl (C=O) groups excluding carboxylic acids is 1. The molecule has 0 bridgehead atoms. The van der Waals surface area contributed by atoms with Crippen molar-refractivity contribution in [3.63, 3.8) is 0 Å². The summed E-state index contributed by atoms with van der Waals surface area (Å²) in [5, 5.41) is 0. The van der Waals surface area contributed by atoms with Gasteiger partial charge in [0.2, 0.25) is 0 Å². The van der Waals surface area contributed by atoms with Crippen molar-refractivity contribution < 1.29 is 14.3 Å². The van der Waals surface area contributed by atoms with E-state index in [0.29, 0.717) is 5.75 Å². The molecule has 1 aromatic carbocycles. The van der Waals surface area contributed by atoms with E-state index >= 15 is 0 Å². The van der Waals surface area contributed by atoms with Crippen LogP contribution < -0.4 is 9.47 Å². The van der Waals surface area contributed by atoms with Gasteiger partial charge in [-0.1, -0.05) is 0 Å². The van der Waals surface area contributed by atoms with Gasteiger partial charge in [-0.2, -0.15) is 0 Å². The summed E-state index contributed by atoms with van der Waals surface area (Å²) in [5.74, 6) is 0.992. The van der Waals surface area contributed by atoms with E-state index in [0.717, 1.165) is 14.9 Å². The molecule has 0 radical (unpaired) electrons. The molecule has 90 valence electrons. The lowest BCUT2D eigenvalue weighted by Crippen LogP contribution is -2.27. The Balaban J connectivity index is 2.51. The van der Waals surface area contributed by atoms with Crippen molar-refractivity contribution in [1.29, 1.82) is 0 Å². The first kappa shape index (κ1) is 12.4. The van der Waals surface area contributed by atoms with Crippen LogP contribution in [0.25, 0.3) is 6.08 Å². The minimum absolute atomic E-state index is 0.324. The van der Waals surface area contributed by atoms with Gasteiger partial charge in [0.15, 0.2) is 5.75 Å². The van der Waals surface area contributed by atoms with Crippen molar-refractivity contribution >= 4 is 34.6 Å². The van der Waals surface area contributed by atoms with E-state index < -0.39 is 0 Å². The third-order valence-corrected chi connectivity index (χ3v) is 3.23. The van der Waals surface area contributed by atoms with Gasteiger partial charge in [-0.3, -0.25) is 4.79 Å². The Morgan fingerprint density at radius 2 is 2.12 bits per heavy atom. The Kier molecular flexibility index (Phi) is 3.16. The summed E-state index contributed by atoms with van der Waals surface area (Å²) in [6.45, 7) is 5.36. The lowest BCUT2D eigenvalue weighted by molar-refractivity contribution is -0.131. The summed E-state index contributed by atoms with van der Waals surface area (Å²) >= 11 is 2.14. The highest BCUT2D eigenvalue weighted by Crippen LogP contribution is 2.39. The van der Waals surface area contributed by atoms with Crippen LogP contribution in [-0.4, -0.2) is 11.6 Å². The number of carbonyl (C=O) groups is 1. The fraction of sp³-hybridized carbons (Fsp3) is 0.308. The summed E-state index contributed by atoms with van der Waals surface area (Å²) in [4.78, 5) is 11.1. The van der Waals surface area contributed by atoms with E-state index in [9.17, 15) is 4.79 Å². The number of benzene rings is 1. The molecule has 17 heavy (non-hydrogen) atoms. The molecule has 0 aliphatic carbocycles. The predicted molar refractivity (Wildman–Crippen MR) is 74.2 cm³/mol. The summed E-state index contributed by atoms with van der Waals surface area (Å²) < 4.78 is 11.9. The minimum atomic E-state index is -0.326.